The van der Waals surface area contributed by atoms with Gasteiger partial charge in [-0.05, 0) is 70.6 Å². The van der Waals surface area contributed by atoms with Crippen molar-refractivity contribution in [2.24, 2.45) is 22.4 Å². The first-order valence-corrected chi connectivity index (χ1v) is 27.3. The van der Waals surface area contributed by atoms with Crippen molar-refractivity contribution >= 4 is 71.1 Å². The second-order valence-electron chi connectivity index (χ2n) is 21.1. The number of nitrogens with zero attached hydrogens (tertiary/aromatic N) is 4. The molecule has 0 aromatic heterocycles. The summed E-state index contributed by atoms with van der Waals surface area (Å²) in [6, 6.07) is -14.9. The molecule has 4 saturated heterocycles. The van der Waals surface area contributed by atoms with Crippen LogP contribution in [0.5, 0.6) is 0 Å². The molecule has 0 spiro atoms. The van der Waals surface area contributed by atoms with Crippen LogP contribution >= 0.6 is 0 Å². The van der Waals surface area contributed by atoms with Gasteiger partial charge in [-0.15, -0.1) is 0 Å². The lowest BCUT2D eigenvalue weighted by Gasteiger charge is -2.34. The molecular weight excluding hydrogens is 1060 g/mol. The first-order valence-electron chi connectivity index (χ1n) is 27.3. The molecule has 0 aliphatic carbocycles. The van der Waals surface area contributed by atoms with Gasteiger partial charge < -0.3 is 93.2 Å². The number of carbonyl (C=O) groups excluding carboxylic acids is 9. The predicted octanol–water partition coefficient (Wildman–Crippen LogP) is -5.24. The van der Waals surface area contributed by atoms with Crippen LogP contribution in [-0.2, 0) is 57.5 Å². The zero-order chi connectivity index (χ0) is 59.5. The number of amides is 8. The first kappa shape index (κ1) is 65.8. The maximum atomic E-state index is 14.4. The number of carboxylic acid groups (broad SMARTS) is 2. The van der Waals surface area contributed by atoms with Crippen LogP contribution < -0.4 is 38.1 Å². The van der Waals surface area contributed by atoms with Crippen molar-refractivity contribution in [3.63, 3.8) is 0 Å². The van der Waals surface area contributed by atoms with Gasteiger partial charge in [0.25, 0.3) is 0 Å². The molecule has 4 rings (SSSR count). The molecule has 4 aliphatic rings. The normalized spacial score (nSPS) is 28.4. The van der Waals surface area contributed by atoms with E-state index in [1.54, 1.807) is 0 Å². The highest BCUT2D eigenvalue weighted by atomic mass is 16.5. The number of carboxylic acids is 2. The minimum Gasteiger partial charge on any atom is -0.479 e. The number of hydrogen-bond donors (Lipinski definition) is 14. The molecule has 16 N–H and O–H groups in total. The van der Waals surface area contributed by atoms with Crippen molar-refractivity contribution in [1.82, 2.24) is 41.3 Å². The largest absolute Gasteiger partial charge is 0.479 e. The lowest BCUT2D eigenvalue weighted by atomic mass is 10.0. The minimum atomic E-state index is -2.76. The number of esters is 1. The highest BCUT2D eigenvalue weighted by Gasteiger charge is 2.48. The molecule has 4 heterocycles. The van der Waals surface area contributed by atoms with Crippen LogP contribution in [0.1, 0.15) is 124 Å². The maximum absolute atomic E-state index is 14.4. The molecule has 0 bridgehead atoms. The number of ether oxygens (including phenoxy) is 1. The standard InChI is InChI=1S/C50H81N11O19/c1-25(2)13-8-6-4-5-7-9-14-27-23-33(65)56-34(26(3)63)46(74)60-21-12-17-31(60)45(73)59-20-11-16-30(59)41(69)54-28(15-10-19-53-50(51)52)40(68)57-35(38(66)47(75)76)42(70)55-29(24-62)44(72)61-22-18-32(64)37(61)43(71)58-36(49(79)80-27)39(67)48(77)78/h25-32,34-39,62-64,66-67H,4-24H2,1-3H3,(H,54,69)(H,55,70)(H,56,65)(H,57,68)(H,58,71)(H,75,76)(H,77,78)(H4,51,52,53)/t26?,27?,28-,29-,30-,31-,32+,34-,35-,36-,37-,38?,39?/m0/s1. The Kier molecular flexibility index (Phi) is 25.7. The Morgan fingerprint density at radius 2 is 1.20 bits per heavy atom. The SMILES string of the molecule is CC(C)CCCCCCCCC1CC(=O)N[C@@H](C(C)O)C(=O)N2CCC[C@H]2C(=O)N2CCC[C@H]2C(=O)N[C@@H](CCCN=C(N)N)C(=O)N[C@@H](C(O)C(=O)O)C(=O)N[C@@H](CO)C(=O)N2CC[C@@H](O)[C@H]2C(=O)N[C@@H](C(O)C(=O)O)C(=O)O1. The summed E-state index contributed by atoms with van der Waals surface area (Å²) in [4.78, 5) is 158. The van der Waals surface area contributed by atoms with Crippen molar-refractivity contribution in [2.45, 2.75) is 202 Å². The van der Waals surface area contributed by atoms with Gasteiger partial charge in [0.15, 0.2) is 24.2 Å². The molecule has 4 unspecified atom stereocenters. The number of guanidine groups is 1. The van der Waals surface area contributed by atoms with Crippen LogP contribution in [-0.4, -0.2) is 233 Å². The number of fused-ring (bicyclic) bond motifs is 3. The van der Waals surface area contributed by atoms with Crippen molar-refractivity contribution in [3.05, 3.63) is 0 Å². The highest BCUT2D eigenvalue weighted by Crippen LogP contribution is 2.27. The van der Waals surface area contributed by atoms with Gasteiger partial charge in [-0.2, -0.15) is 0 Å². The zero-order valence-electron chi connectivity index (χ0n) is 45.4. The Hall–Kier alpha value is -6.76. The third-order valence-corrected chi connectivity index (χ3v) is 14.5. The molecule has 0 aromatic carbocycles. The third kappa shape index (κ3) is 18.4. The number of aliphatic hydroxyl groups excluding tert-OH is 5. The molecule has 0 saturated carbocycles. The lowest BCUT2D eigenvalue weighted by molar-refractivity contribution is -0.165. The summed E-state index contributed by atoms with van der Waals surface area (Å²) >= 11 is 0. The number of unbranched alkanes of at least 4 members (excludes halogenated alkanes) is 5. The van der Waals surface area contributed by atoms with Crippen molar-refractivity contribution in [3.8, 4) is 0 Å². The van der Waals surface area contributed by atoms with Gasteiger partial charge in [0.05, 0.1) is 25.2 Å². The maximum Gasteiger partial charge on any atom is 0.335 e. The summed E-state index contributed by atoms with van der Waals surface area (Å²) in [7, 11) is 0. The number of nitrogens with two attached hydrogens (primary N) is 2. The number of rotatable bonds is 19. The molecule has 30 nitrogen and oxygen atoms in total. The van der Waals surface area contributed by atoms with Crippen LogP contribution in [0.2, 0.25) is 0 Å². The van der Waals surface area contributed by atoms with Crippen LogP contribution in [0.15, 0.2) is 4.99 Å². The van der Waals surface area contributed by atoms with Gasteiger partial charge in [0.1, 0.15) is 48.4 Å². The van der Waals surface area contributed by atoms with Crippen LogP contribution in [0, 0.1) is 5.92 Å². The number of cyclic esters (lactones) is 1. The van der Waals surface area contributed by atoms with Crippen LogP contribution in [0.3, 0.4) is 0 Å². The van der Waals surface area contributed by atoms with E-state index in [9.17, 15) is 88.5 Å². The second kappa shape index (κ2) is 31.3. The van der Waals surface area contributed by atoms with Gasteiger partial charge in [0.2, 0.25) is 47.3 Å². The van der Waals surface area contributed by atoms with Crippen molar-refractivity contribution < 1.29 is 93.2 Å². The van der Waals surface area contributed by atoms with Crippen molar-refractivity contribution in [2.75, 3.05) is 32.8 Å². The molecule has 8 amide bonds. The predicted molar refractivity (Wildman–Crippen MR) is 277 cm³/mol. The Morgan fingerprint density at radius 1 is 0.625 bits per heavy atom. The summed E-state index contributed by atoms with van der Waals surface area (Å²) in [6.07, 6.45) is -5.47. The summed E-state index contributed by atoms with van der Waals surface area (Å²) in [5.74, 6) is -14.6. The zero-order valence-corrected chi connectivity index (χ0v) is 45.4. The van der Waals surface area contributed by atoms with Gasteiger partial charge in [0, 0.05) is 26.2 Å². The van der Waals surface area contributed by atoms with E-state index in [1.807, 2.05) is 10.6 Å². The van der Waals surface area contributed by atoms with Gasteiger partial charge in [-0.1, -0.05) is 52.4 Å². The van der Waals surface area contributed by atoms with E-state index in [0.29, 0.717) is 23.7 Å². The Bertz CT molecular complexity index is 2250. The number of aliphatic hydroxyl groups is 5. The van der Waals surface area contributed by atoms with Crippen molar-refractivity contribution in [1.29, 1.82) is 0 Å². The number of aliphatic imine (C=N–C) groups is 1. The topological polar surface area (TPSA) is 473 Å². The van der Waals surface area contributed by atoms with E-state index in [1.165, 1.54) is 11.8 Å². The average Bonchev–Trinajstić information content (AvgIpc) is 4.19. The fourth-order valence-electron chi connectivity index (χ4n) is 10.2. The fourth-order valence-corrected chi connectivity index (χ4v) is 10.2. The summed E-state index contributed by atoms with van der Waals surface area (Å²) in [6.45, 7) is 3.54. The summed E-state index contributed by atoms with van der Waals surface area (Å²) in [5, 5.41) is 84.8. The monoisotopic (exact) mass is 1140 g/mol. The van der Waals surface area contributed by atoms with E-state index in [4.69, 9.17) is 16.2 Å². The molecular formula is C50H81N11O19. The molecule has 13 atom stereocenters. The van der Waals surface area contributed by atoms with Gasteiger partial charge >= 0.3 is 17.9 Å². The van der Waals surface area contributed by atoms with E-state index < -0.39 is 164 Å². The number of aliphatic carboxylic acids is 2. The second-order valence-corrected chi connectivity index (χ2v) is 21.1. The smallest absolute Gasteiger partial charge is 0.335 e. The lowest BCUT2D eigenvalue weighted by Crippen LogP contribution is -2.64. The number of hydrogen-bond acceptors (Lipinski definition) is 18. The number of carbonyl (C=O) groups is 11. The quantitative estimate of drug-likeness (QED) is 0.0249. The van der Waals surface area contributed by atoms with Crippen LogP contribution in [0.4, 0.5) is 0 Å². The average molecular weight is 1140 g/mol. The molecule has 4 aliphatic heterocycles. The highest BCUT2D eigenvalue weighted by molar-refractivity contribution is 6.00. The molecule has 0 aromatic rings. The summed E-state index contributed by atoms with van der Waals surface area (Å²) < 4.78 is 5.65. The molecule has 0 radical (unpaired) electrons. The van der Waals surface area contributed by atoms with Gasteiger partial charge in [-0.25, -0.2) is 14.4 Å². The molecule has 30 heteroatoms. The Morgan fingerprint density at radius 3 is 1.80 bits per heavy atom. The Labute approximate surface area is 462 Å². The van der Waals surface area contributed by atoms with E-state index in [-0.39, 0.29) is 77.0 Å². The molecule has 450 valence electrons. The molecule has 80 heavy (non-hydrogen) atoms. The van der Waals surface area contributed by atoms with Crippen LogP contribution in [0.25, 0.3) is 0 Å². The van der Waals surface area contributed by atoms with E-state index >= 15 is 0 Å². The molecule has 4 fully saturated rings. The number of nitrogens with one attached hydrogen (secondary N) is 5. The Balaban J connectivity index is 1.79. The third-order valence-electron chi connectivity index (χ3n) is 14.5. The van der Waals surface area contributed by atoms with Gasteiger partial charge in [-0.3, -0.25) is 43.3 Å². The first-order chi connectivity index (χ1) is 37.8. The van der Waals surface area contributed by atoms with E-state index in [0.717, 1.165) is 37.0 Å². The minimum absolute atomic E-state index is 0.00851. The summed E-state index contributed by atoms with van der Waals surface area (Å²) in [5.41, 5.74) is 10.9. The van der Waals surface area contributed by atoms with E-state index in [2.05, 4.69) is 34.8 Å². The fraction of sp³-hybridized carbons (Fsp3) is 0.760.